The maximum atomic E-state index is 13.7. The van der Waals surface area contributed by atoms with Crippen LogP contribution in [0, 0.1) is 0 Å². The minimum absolute atomic E-state index is 0.00395. The van der Waals surface area contributed by atoms with Crippen molar-refractivity contribution in [1.82, 2.24) is 4.90 Å². The lowest BCUT2D eigenvalue weighted by atomic mass is 9.68. The molecule has 0 unspecified atom stereocenters. The summed E-state index contributed by atoms with van der Waals surface area (Å²) in [4.78, 5) is 2.30. The number of halogens is 3. The Balaban J connectivity index is 1.50. The van der Waals surface area contributed by atoms with Crippen LogP contribution in [0.4, 0.5) is 18.9 Å². The van der Waals surface area contributed by atoms with Crippen molar-refractivity contribution in [3.63, 3.8) is 0 Å². The van der Waals surface area contributed by atoms with Gasteiger partial charge >= 0.3 is 6.18 Å². The smallest absolute Gasteiger partial charge is 0.398 e. The molecular weight excluding hydrogens is 391 g/mol. The van der Waals surface area contributed by atoms with Crippen LogP contribution in [0.1, 0.15) is 42.0 Å². The van der Waals surface area contributed by atoms with Crippen molar-refractivity contribution >= 4 is 5.69 Å². The molecule has 1 heterocycles. The molecule has 30 heavy (non-hydrogen) atoms. The van der Waals surface area contributed by atoms with Crippen molar-refractivity contribution in [2.45, 2.75) is 56.7 Å². The summed E-state index contributed by atoms with van der Waals surface area (Å²) in [6.45, 7) is 3.92. The quantitative estimate of drug-likeness (QED) is 0.718. The maximum Gasteiger partial charge on any atom is 0.416 e. The van der Waals surface area contributed by atoms with Gasteiger partial charge in [0.25, 0.3) is 0 Å². The number of likely N-dealkylation sites (tertiary alicyclic amines) is 1. The number of piperidine rings is 1. The molecule has 2 aliphatic rings. The molecule has 1 saturated heterocycles. The van der Waals surface area contributed by atoms with Gasteiger partial charge in [0.1, 0.15) is 0 Å². The highest BCUT2D eigenvalue weighted by atomic mass is 19.4. The lowest BCUT2D eigenvalue weighted by molar-refractivity contribution is -0.139. The second kappa shape index (κ2) is 7.87. The molecule has 7 heteroatoms. The van der Waals surface area contributed by atoms with Gasteiger partial charge in [0, 0.05) is 30.4 Å². The molecule has 4 nitrogen and oxygen atoms in total. The molecule has 1 fully saturated rings. The van der Waals surface area contributed by atoms with E-state index in [2.05, 4.69) is 4.90 Å². The first-order valence-electron chi connectivity index (χ1n) is 10.3. The monoisotopic (exact) mass is 419 g/mol. The third-order valence-electron chi connectivity index (χ3n) is 6.42. The lowest BCUT2D eigenvalue weighted by Gasteiger charge is -2.51. The zero-order valence-corrected chi connectivity index (χ0v) is 17.1. The number of hydrogen-bond acceptors (Lipinski definition) is 4. The van der Waals surface area contributed by atoms with Crippen LogP contribution in [0.25, 0.3) is 0 Å². The van der Waals surface area contributed by atoms with E-state index in [1.165, 1.54) is 6.07 Å². The molecule has 2 aromatic rings. The summed E-state index contributed by atoms with van der Waals surface area (Å²) in [7, 11) is 0. The van der Waals surface area contributed by atoms with Crippen LogP contribution >= 0.6 is 0 Å². The summed E-state index contributed by atoms with van der Waals surface area (Å²) in [6.07, 6.45) is -2.99. The average Bonchev–Trinajstić information content (AvgIpc) is 2.69. The molecule has 0 amide bonds. The van der Waals surface area contributed by atoms with Crippen LogP contribution in [0.2, 0.25) is 0 Å². The van der Waals surface area contributed by atoms with Crippen LogP contribution in [0.15, 0.2) is 42.5 Å². The Labute approximate surface area is 175 Å². The van der Waals surface area contributed by atoms with Crippen molar-refractivity contribution in [1.29, 1.82) is 0 Å². The molecule has 2 bridgehead atoms. The number of anilines is 1. The third kappa shape index (κ3) is 4.06. The zero-order chi connectivity index (χ0) is 21.5. The lowest BCUT2D eigenvalue weighted by Crippen LogP contribution is -2.58. The van der Waals surface area contributed by atoms with E-state index in [9.17, 15) is 13.2 Å². The van der Waals surface area contributed by atoms with Crippen molar-refractivity contribution in [3.05, 3.63) is 64.7 Å². The van der Waals surface area contributed by atoms with Crippen LogP contribution in [0.3, 0.4) is 0 Å². The number of ether oxygens (including phenoxy) is 1. The molecule has 4 rings (SSSR count). The normalized spacial score (nSPS) is 25.0. The van der Waals surface area contributed by atoms with Crippen molar-refractivity contribution in [3.8, 4) is 0 Å². The number of rotatable bonds is 5. The number of fused-ring (bicyclic) bond motifs is 4. The summed E-state index contributed by atoms with van der Waals surface area (Å²) in [6, 6.07) is 12.5. The Hall–Kier alpha value is -2.09. The predicted molar refractivity (Wildman–Crippen MR) is 111 cm³/mol. The van der Waals surface area contributed by atoms with Crippen molar-refractivity contribution in [2.75, 3.05) is 18.8 Å². The fourth-order valence-corrected chi connectivity index (χ4v) is 4.97. The number of hydrogen-bond donors (Lipinski definition) is 2. The summed E-state index contributed by atoms with van der Waals surface area (Å²) in [5.74, 6) is 0. The van der Waals surface area contributed by atoms with Gasteiger partial charge in [0.2, 0.25) is 0 Å². The highest BCUT2D eigenvalue weighted by molar-refractivity contribution is 5.59. The van der Waals surface area contributed by atoms with E-state index in [-0.39, 0.29) is 17.7 Å². The highest BCUT2D eigenvalue weighted by Gasteiger charge is 2.49. The molecule has 2 aromatic carbocycles. The van der Waals surface area contributed by atoms with E-state index in [1.807, 2.05) is 37.3 Å². The maximum absolute atomic E-state index is 13.7. The van der Waals surface area contributed by atoms with Crippen molar-refractivity contribution < 1.29 is 17.9 Å². The first-order valence-corrected chi connectivity index (χ1v) is 10.3. The van der Waals surface area contributed by atoms with Gasteiger partial charge in [-0.15, -0.1) is 0 Å². The van der Waals surface area contributed by atoms with Gasteiger partial charge in [-0.25, -0.2) is 0 Å². The van der Waals surface area contributed by atoms with E-state index in [4.69, 9.17) is 16.2 Å². The zero-order valence-electron chi connectivity index (χ0n) is 17.1. The van der Waals surface area contributed by atoms with Crippen LogP contribution in [0.5, 0.6) is 0 Å². The Kier molecular flexibility index (Phi) is 5.55. The van der Waals surface area contributed by atoms with Gasteiger partial charge in [0.05, 0.1) is 18.3 Å². The summed E-state index contributed by atoms with van der Waals surface area (Å²) in [5, 5.41) is 0. The Bertz CT molecular complexity index is 903. The molecule has 162 valence electrons. The number of benzene rings is 2. The number of nitrogens with two attached hydrogens (primary N) is 2. The van der Waals surface area contributed by atoms with Gasteiger partial charge in [0.15, 0.2) is 0 Å². The molecule has 0 spiro atoms. The van der Waals surface area contributed by atoms with Gasteiger partial charge < -0.3 is 16.2 Å². The molecule has 1 aliphatic heterocycles. The van der Waals surface area contributed by atoms with E-state index < -0.39 is 17.3 Å². The summed E-state index contributed by atoms with van der Waals surface area (Å²) in [5.41, 5.74) is 13.3. The SMILES string of the molecule is C[C@@H](CN1CC[C@@]2(N)C[C@H]1Cc1c(N)ccc(C(F)(F)F)c12)OCc1ccccc1. The van der Waals surface area contributed by atoms with Crippen molar-refractivity contribution in [2.24, 2.45) is 5.73 Å². The van der Waals surface area contributed by atoms with Crippen LogP contribution in [-0.4, -0.2) is 30.1 Å². The molecule has 3 atom stereocenters. The average molecular weight is 419 g/mol. The van der Waals surface area contributed by atoms with Crippen LogP contribution < -0.4 is 11.5 Å². The highest BCUT2D eigenvalue weighted by Crippen LogP contribution is 2.48. The van der Waals surface area contributed by atoms with Gasteiger partial charge in [-0.3, -0.25) is 4.90 Å². The molecule has 0 saturated carbocycles. The van der Waals surface area contributed by atoms with Gasteiger partial charge in [-0.05, 0) is 55.0 Å². The number of nitrogen functional groups attached to an aromatic ring is 1. The first-order chi connectivity index (χ1) is 14.2. The number of alkyl halides is 3. The van der Waals surface area contributed by atoms with E-state index in [0.29, 0.717) is 50.2 Å². The van der Waals surface area contributed by atoms with E-state index in [0.717, 1.165) is 11.6 Å². The van der Waals surface area contributed by atoms with Gasteiger partial charge in [-0.2, -0.15) is 13.2 Å². The summed E-state index contributed by atoms with van der Waals surface area (Å²) < 4.78 is 47.0. The Morgan fingerprint density at radius 3 is 2.63 bits per heavy atom. The standard InChI is InChI=1S/C23H28F3N3O/c1-15(30-14-16-5-3-2-4-6-16)13-29-10-9-22(28)12-17(29)11-18-20(27)8-7-19(21(18)22)23(24,25)26/h2-8,15,17H,9-14,27-28H2,1H3/t15-,17+,22+/m0/s1. The molecule has 0 aromatic heterocycles. The summed E-state index contributed by atoms with van der Waals surface area (Å²) >= 11 is 0. The fourth-order valence-electron chi connectivity index (χ4n) is 4.97. The van der Waals surface area contributed by atoms with Gasteiger partial charge in [-0.1, -0.05) is 30.3 Å². The predicted octanol–water partition coefficient (Wildman–Crippen LogP) is 4.07. The van der Waals surface area contributed by atoms with Crippen LogP contribution in [-0.2, 0) is 29.5 Å². The second-order valence-corrected chi connectivity index (χ2v) is 8.62. The fraction of sp³-hybridized carbons (Fsp3) is 0.478. The molecule has 1 aliphatic carbocycles. The number of nitrogens with zero attached hydrogens (tertiary/aromatic N) is 1. The third-order valence-corrected chi connectivity index (χ3v) is 6.42. The van der Waals surface area contributed by atoms with E-state index in [1.54, 1.807) is 0 Å². The molecular formula is C23H28F3N3O. The molecule has 4 N–H and O–H groups in total. The molecule has 0 radical (unpaired) electrons. The largest absolute Gasteiger partial charge is 0.416 e. The Morgan fingerprint density at radius 1 is 1.20 bits per heavy atom. The first kappa shape index (κ1) is 21.2. The minimum Gasteiger partial charge on any atom is -0.398 e. The second-order valence-electron chi connectivity index (χ2n) is 8.62. The minimum atomic E-state index is -4.44. The van der Waals surface area contributed by atoms with E-state index >= 15 is 0 Å². The Morgan fingerprint density at radius 2 is 1.93 bits per heavy atom. The topological polar surface area (TPSA) is 64.5 Å².